The molecular formula is C11H6F3N. The SMILES string of the molecule is [CH]c1ccnc2ccc(C(F)(F)F)cc12. The molecule has 4 heteroatoms. The minimum atomic E-state index is -4.35. The number of nitrogens with zero attached hydrogens (tertiary/aromatic N) is 1. The van der Waals surface area contributed by atoms with Crippen molar-refractivity contribution in [2.75, 3.05) is 0 Å². The van der Waals surface area contributed by atoms with Gasteiger partial charge < -0.3 is 0 Å². The van der Waals surface area contributed by atoms with Crippen molar-refractivity contribution >= 4 is 10.9 Å². The number of halogens is 3. The van der Waals surface area contributed by atoms with Gasteiger partial charge in [-0.2, -0.15) is 13.2 Å². The topological polar surface area (TPSA) is 12.9 Å². The average molecular weight is 209 g/mol. The van der Waals surface area contributed by atoms with Crippen LogP contribution >= 0.6 is 0 Å². The fourth-order valence-electron chi connectivity index (χ4n) is 1.34. The average Bonchev–Trinajstić information content (AvgIpc) is 2.16. The van der Waals surface area contributed by atoms with E-state index in [0.29, 0.717) is 16.5 Å². The van der Waals surface area contributed by atoms with Crippen LogP contribution in [0.5, 0.6) is 0 Å². The van der Waals surface area contributed by atoms with Gasteiger partial charge in [-0.15, -0.1) is 0 Å². The van der Waals surface area contributed by atoms with Crippen molar-refractivity contribution in [3.8, 4) is 0 Å². The number of pyridine rings is 1. The predicted molar refractivity (Wildman–Crippen MR) is 50.1 cm³/mol. The number of alkyl halides is 3. The van der Waals surface area contributed by atoms with Gasteiger partial charge in [0.1, 0.15) is 0 Å². The monoisotopic (exact) mass is 209 g/mol. The van der Waals surface area contributed by atoms with Gasteiger partial charge in [-0.25, -0.2) is 0 Å². The number of rotatable bonds is 0. The molecule has 2 aromatic rings. The number of benzene rings is 1. The van der Waals surface area contributed by atoms with Crippen molar-refractivity contribution in [3.63, 3.8) is 0 Å². The Morgan fingerprint density at radius 1 is 1.13 bits per heavy atom. The van der Waals surface area contributed by atoms with E-state index in [-0.39, 0.29) is 0 Å². The lowest BCUT2D eigenvalue weighted by Crippen LogP contribution is -2.04. The zero-order chi connectivity index (χ0) is 11.1. The van der Waals surface area contributed by atoms with Gasteiger partial charge in [-0.3, -0.25) is 4.98 Å². The second-order valence-corrected chi connectivity index (χ2v) is 3.13. The van der Waals surface area contributed by atoms with Crippen LogP contribution in [0.4, 0.5) is 13.2 Å². The third-order valence-corrected chi connectivity index (χ3v) is 2.10. The van der Waals surface area contributed by atoms with Crippen LogP contribution in [0, 0.1) is 6.92 Å². The summed E-state index contributed by atoms with van der Waals surface area (Å²) in [6.45, 7) is 5.56. The van der Waals surface area contributed by atoms with E-state index in [0.717, 1.165) is 12.1 Å². The third-order valence-electron chi connectivity index (χ3n) is 2.10. The number of aromatic nitrogens is 1. The molecule has 0 bridgehead atoms. The Bertz CT molecular complexity index is 503. The highest BCUT2D eigenvalue weighted by Crippen LogP contribution is 2.31. The molecule has 15 heavy (non-hydrogen) atoms. The summed E-state index contributed by atoms with van der Waals surface area (Å²) in [4.78, 5) is 3.92. The molecule has 0 spiro atoms. The first-order chi connectivity index (χ1) is 6.98. The van der Waals surface area contributed by atoms with Crippen LogP contribution in [0.25, 0.3) is 10.9 Å². The molecule has 0 unspecified atom stereocenters. The molecule has 2 radical (unpaired) electrons. The van der Waals surface area contributed by atoms with Gasteiger partial charge >= 0.3 is 6.18 Å². The molecule has 0 aliphatic carbocycles. The molecule has 0 amide bonds. The van der Waals surface area contributed by atoms with E-state index < -0.39 is 11.7 Å². The lowest BCUT2D eigenvalue weighted by molar-refractivity contribution is -0.137. The van der Waals surface area contributed by atoms with E-state index in [2.05, 4.69) is 4.98 Å². The normalized spacial score (nSPS) is 12.0. The van der Waals surface area contributed by atoms with E-state index in [1.54, 1.807) is 0 Å². The fraction of sp³-hybridized carbons (Fsp3) is 0.0909. The molecule has 1 nitrogen and oxygen atoms in total. The summed E-state index contributed by atoms with van der Waals surface area (Å²) in [6.07, 6.45) is -2.89. The molecule has 1 aromatic carbocycles. The van der Waals surface area contributed by atoms with Gasteiger partial charge in [0.2, 0.25) is 0 Å². The molecule has 0 aliphatic heterocycles. The molecule has 0 N–H and O–H groups in total. The first-order valence-electron chi connectivity index (χ1n) is 4.20. The summed E-state index contributed by atoms with van der Waals surface area (Å²) in [7, 11) is 0. The highest BCUT2D eigenvalue weighted by molar-refractivity contribution is 5.83. The van der Waals surface area contributed by atoms with Crippen LogP contribution in [-0.4, -0.2) is 4.98 Å². The molecule has 0 saturated carbocycles. The van der Waals surface area contributed by atoms with Crippen LogP contribution in [0.2, 0.25) is 0 Å². The van der Waals surface area contributed by atoms with Crippen LogP contribution < -0.4 is 0 Å². The predicted octanol–water partition coefficient (Wildman–Crippen LogP) is 3.31. The first-order valence-corrected chi connectivity index (χ1v) is 4.20. The van der Waals surface area contributed by atoms with Crippen molar-refractivity contribution in [3.05, 3.63) is 48.5 Å². The van der Waals surface area contributed by atoms with Crippen molar-refractivity contribution in [2.45, 2.75) is 6.18 Å². The zero-order valence-electron chi connectivity index (χ0n) is 7.55. The fourth-order valence-corrected chi connectivity index (χ4v) is 1.34. The summed E-state index contributed by atoms with van der Waals surface area (Å²) >= 11 is 0. The third kappa shape index (κ3) is 1.79. The molecular weight excluding hydrogens is 203 g/mol. The molecule has 2 rings (SSSR count). The van der Waals surface area contributed by atoms with E-state index in [1.165, 1.54) is 18.3 Å². The summed E-state index contributed by atoms with van der Waals surface area (Å²) in [6, 6.07) is 4.80. The largest absolute Gasteiger partial charge is 0.416 e. The van der Waals surface area contributed by atoms with Gasteiger partial charge in [0, 0.05) is 11.6 Å². The second-order valence-electron chi connectivity index (χ2n) is 3.13. The Balaban J connectivity index is 2.70. The summed E-state index contributed by atoms with van der Waals surface area (Å²) in [5.41, 5.74) is 0.0452. The van der Waals surface area contributed by atoms with Gasteiger partial charge in [-0.05, 0) is 36.8 Å². The minimum Gasteiger partial charge on any atom is -0.256 e. The van der Waals surface area contributed by atoms with E-state index in [4.69, 9.17) is 6.92 Å². The Morgan fingerprint density at radius 3 is 2.53 bits per heavy atom. The smallest absolute Gasteiger partial charge is 0.256 e. The number of fused-ring (bicyclic) bond motifs is 1. The minimum absolute atomic E-state index is 0.297. The highest BCUT2D eigenvalue weighted by Gasteiger charge is 2.30. The Morgan fingerprint density at radius 2 is 1.87 bits per heavy atom. The Hall–Kier alpha value is -1.58. The standard InChI is InChI=1S/C11H6F3N/c1-7-4-5-15-10-3-2-8(6-9(7)10)11(12,13)14/h1-6H. The summed E-state index contributed by atoms with van der Waals surface area (Å²) < 4.78 is 37.2. The number of hydrogen-bond donors (Lipinski definition) is 0. The molecule has 76 valence electrons. The second kappa shape index (κ2) is 3.22. The molecule has 0 aliphatic rings. The highest BCUT2D eigenvalue weighted by atomic mass is 19.4. The maximum atomic E-state index is 12.4. The first kappa shape index (κ1) is 9.96. The van der Waals surface area contributed by atoms with Gasteiger partial charge in [-0.1, -0.05) is 0 Å². The van der Waals surface area contributed by atoms with Crippen molar-refractivity contribution < 1.29 is 13.2 Å². The molecule has 1 heterocycles. The van der Waals surface area contributed by atoms with Gasteiger partial charge in [0.15, 0.2) is 0 Å². The van der Waals surface area contributed by atoms with E-state index in [1.807, 2.05) is 0 Å². The maximum absolute atomic E-state index is 12.4. The summed E-state index contributed by atoms with van der Waals surface area (Å²) in [5, 5.41) is 0.326. The summed E-state index contributed by atoms with van der Waals surface area (Å²) in [5.74, 6) is 0. The quantitative estimate of drug-likeness (QED) is 0.648. The van der Waals surface area contributed by atoms with Gasteiger partial charge in [0.25, 0.3) is 0 Å². The number of hydrogen-bond acceptors (Lipinski definition) is 1. The van der Waals surface area contributed by atoms with E-state index >= 15 is 0 Å². The lowest BCUT2D eigenvalue weighted by atomic mass is 10.1. The van der Waals surface area contributed by atoms with Crippen molar-refractivity contribution in [1.82, 2.24) is 4.98 Å². The molecule has 1 aromatic heterocycles. The van der Waals surface area contributed by atoms with Crippen molar-refractivity contribution in [1.29, 1.82) is 0 Å². The van der Waals surface area contributed by atoms with E-state index in [9.17, 15) is 13.2 Å². The van der Waals surface area contributed by atoms with Crippen LogP contribution in [0.3, 0.4) is 0 Å². The van der Waals surface area contributed by atoms with Crippen LogP contribution in [0.15, 0.2) is 30.5 Å². The Kier molecular flexibility index (Phi) is 2.14. The molecule has 0 fully saturated rings. The van der Waals surface area contributed by atoms with Gasteiger partial charge in [0.05, 0.1) is 11.1 Å². The lowest BCUT2D eigenvalue weighted by Gasteiger charge is -2.08. The van der Waals surface area contributed by atoms with Crippen LogP contribution in [0.1, 0.15) is 11.1 Å². The van der Waals surface area contributed by atoms with Crippen molar-refractivity contribution in [2.24, 2.45) is 0 Å². The molecule has 0 atom stereocenters. The zero-order valence-corrected chi connectivity index (χ0v) is 7.55. The van der Waals surface area contributed by atoms with Crippen LogP contribution in [-0.2, 0) is 6.18 Å². The Labute approximate surface area is 84.6 Å². The molecule has 0 saturated heterocycles. The maximum Gasteiger partial charge on any atom is 0.416 e.